The fourth-order valence-corrected chi connectivity index (χ4v) is 1.74. The van der Waals surface area contributed by atoms with Gasteiger partial charge in [0.05, 0.1) is 0 Å². The van der Waals surface area contributed by atoms with Crippen LogP contribution < -0.4 is 0 Å². The largest absolute Gasteiger partial charge is 2.00 e. The summed E-state index contributed by atoms with van der Waals surface area (Å²) >= 11 is 0. The van der Waals surface area contributed by atoms with Crippen LogP contribution in [0.2, 0.25) is 0 Å². The predicted molar refractivity (Wildman–Crippen MR) is 72.1 cm³/mol. The SMILES string of the molecule is CCCCCCCC(C(=O)CCC)[N+](=O)[O-].[H-].[H-].[Sr+2]. The first-order chi connectivity index (χ1) is 7.63. The molecule has 0 aliphatic heterocycles. The summed E-state index contributed by atoms with van der Waals surface area (Å²) in [6.07, 6.45) is 6.68. The van der Waals surface area contributed by atoms with Crippen LogP contribution in [0.4, 0.5) is 0 Å². The van der Waals surface area contributed by atoms with Gasteiger partial charge in [-0.25, -0.2) is 0 Å². The maximum Gasteiger partial charge on any atom is 2.00 e. The minimum atomic E-state index is -0.957. The first kappa shape index (κ1) is 19.9. The number of nitro groups is 1. The van der Waals surface area contributed by atoms with Gasteiger partial charge in [-0.05, 0) is 12.8 Å². The van der Waals surface area contributed by atoms with E-state index in [1.165, 1.54) is 6.42 Å². The summed E-state index contributed by atoms with van der Waals surface area (Å²) in [5.74, 6) is -0.206. The zero-order valence-electron chi connectivity index (χ0n) is 13.1. The maximum atomic E-state index is 11.5. The van der Waals surface area contributed by atoms with E-state index in [0.29, 0.717) is 19.3 Å². The van der Waals surface area contributed by atoms with Crippen molar-refractivity contribution in [2.45, 2.75) is 71.3 Å². The monoisotopic (exact) mass is 319 g/mol. The topological polar surface area (TPSA) is 60.2 Å². The Balaban J connectivity index is -0.000000375. The fraction of sp³-hybridized carbons (Fsp3) is 0.917. The van der Waals surface area contributed by atoms with Crippen LogP contribution in [0.3, 0.4) is 0 Å². The Kier molecular flexibility index (Phi) is 15.2. The number of Topliss-reactive ketones (excluding diaryl/α,β-unsaturated/α-hetero) is 1. The van der Waals surface area contributed by atoms with E-state index in [9.17, 15) is 14.9 Å². The Bertz CT molecular complexity index is 231. The number of unbranched alkanes of at least 4 members (excludes halogenated alkanes) is 4. The van der Waals surface area contributed by atoms with Crippen molar-refractivity contribution >= 4 is 51.3 Å². The molecular weight excluding hydrogens is 294 g/mol. The maximum absolute atomic E-state index is 11.5. The van der Waals surface area contributed by atoms with Crippen molar-refractivity contribution in [1.82, 2.24) is 0 Å². The normalized spacial score (nSPS) is 11.6. The molecule has 0 spiro atoms. The van der Waals surface area contributed by atoms with Crippen LogP contribution in [-0.2, 0) is 4.79 Å². The van der Waals surface area contributed by atoms with Crippen LogP contribution in [0.5, 0.6) is 0 Å². The second-order valence-electron chi connectivity index (χ2n) is 4.22. The van der Waals surface area contributed by atoms with Gasteiger partial charge >= 0.3 is 45.5 Å². The molecule has 1 atom stereocenters. The predicted octanol–water partition coefficient (Wildman–Crippen LogP) is 3.21. The van der Waals surface area contributed by atoms with Gasteiger partial charge < -0.3 is 2.85 Å². The number of hydrogen-bond donors (Lipinski definition) is 0. The standard InChI is InChI=1S/C12H23NO3.Sr.2H/c1-3-5-6-7-8-10-11(13(15)16)12(14)9-4-2;;;/h11H,3-10H2,1-2H3;;;/q;+2;2*-1. The molecule has 0 amide bonds. The summed E-state index contributed by atoms with van der Waals surface area (Å²) in [5.41, 5.74) is 0. The summed E-state index contributed by atoms with van der Waals surface area (Å²) in [5, 5.41) is 10.7. The van der Waals surface area contributed by atoms with E-state index < -0.39 is 11.0 Å². The minimum Gasteiger partial charge on any atom is -1.00 e. The molecular formula is C12H25NO3Sr. The summed E-state index contributed by atoms with van der Waals surface area (Å²) in [4.78, 5) is 21.8. The van der Waals surface area contributed by atoms with Crippen LogP contribution in [-0.4, -0.2) is 62.2 Å². The van der Waals surface area contributed by atoms with Gasteiger partial charge in [0.25, 0.3) is 6.04 Å². The average molecular weight is 319 g/mol. The summed E-state index contributed by atoms with van der Waals surface area (Å²) in [7, 11) is 0. The third-order valence-corrected chi connectivity index (χ3v) is 2.70. The van der Waals surface area contributed by atoms with E-state index in [-0.39, 0.29) is 54.1 Å². The second kappa shape index (κ2) is 13.0. The van der Waals surface area contributed by atoms with Crippen LogP contribution in [0.1, 0.15) is 68.1 Å². The van der Waals surface area contributed by atoms with Crippen molar-refractivity contribution in [3.63, 3.8) is 0 Å². The Morgan fingerprint density at radius 2 is 1.76 bits per heavy atom. The van der Waals surface area contributed by atoms with Crippen molar-refractivity contribution in [3.8, 4) is 0 Å². The van der Waals surface area contributed by atoms with E-state index >= 15 is 0 Å². The zero-order chi connectivity index (χ0) is 12.4. The molecule has 0 rings (SSSR count). The molecule has 0 aromatic heterocycles. The van der Waals surface area contributed by atoms with Gasteiger partial charge in [0.15, 0.2) is 0 Å². The molecule has 0 aliphatic carbocycles. The van der Waals surface area contributed by atoms with Crippen molar-refractivity contribution in [3.05, 3.63) is 10.1 Å². The number of ketones is 1. The van der Waals surface area contributed by atoms with Crippen LogP contribution in [0, 0.1) is 10.1 Å². The third kappa shape index (κ3) is 10.2. The summed E-state index contributed by atoms with van der Waals surface area (Å²) < 4.78 is 0. The van der Waals surface area contributed by atoms with Crippen LogP contribution in [0.25, 0.3) is 0 Å². The molecule has 0 saturated heterocycles. The van der Waals surface area contributed by atoms with Gasteiger partial charge in [-0.2, -0.15) is 0 Å². The second-order valence-corrected chi connectivity index (χ2v) is 4.22. The first-order valence-corrected chi connectivity index (χ1v) is 6.29. The fourth-order valence-electron chi connectivity index (χ4n) is 1.74. The quantitative estimate of drug-likeness (QED) is 0.269. The Morgan fingerprint density at radius 1 is 1.18 bits per heavy atom. The molecule has 0 aliphatic rings. The molecule has 98 valence electrons. The molecule has 0 bridgehead atoms. The van der Waals surface area contributed by atoms with Gasteiger partial charge in [-0.1, -0.05) is 39.5 Å². The van der Waals surface area contributed by atoms with Gasteiger partial charge in [0, 0.05) is 17.8 Å². The Hall–Kier alpha value is 0.551. The number of rotatable bonds is 10. The molecule has 0 aromatic rings. The van der Waals surface area contributed by atoms with E-state index in [4.69, 9.17) is 0 Å². The zero-order valence-corrected chi connectivity index (χ0v) is 14.6. The van der Waals surface area contributed by atoms with Crippen LogP contribution >= 0.6 is 0 Å². The molecule has 0 fully saturated rings. The van der Waals surface area contributed by atoms with Crippen molar-refractivity contribution in [2.24, 2.45) is 0 Å². The summed E-state index contributed by atoms with van der Waals surface area (Å²) in [6, 6.07) is -0.957. The van der Waals surface area contributed by atoms with Gasteiger partial charge in [0.1, 0.15) is 0 Å². The molecule has 17 heavy (non-hydrogen) atoms. The molecule has 0 radical (unpaired) electrons. The van der Waals surface area contributed by atoms with Gasteiger partial charge in [-0.3, -0.25) is 14.9 Å². The summed E-state index contributed by atoms with van der Waals surface area (Å²) in [6.45, 7) is 4.00. The Labute approximate surface area is 144 Å². The molecule has 0 heterocycles. The third-order valence-electron chi connectivity index (χ3n) is 2.70. The van der Waals surface area contributed by atoms with E-state index in [1.54, 1.807) is 0 Å². The van der Waals surface area contributed by atoms with E-state index in [1.807, 2.05) is 6.92 Å². The number of nitrogens with zero attached hydrogens (tertiary/aromatic N) is 1. The molecule has 1 unspecified atom stereocenters. The molecule has 4 nitrogen and oxygen atoms in total. The van der Waals surface area contributed by atoms with Crippen molar-refractivity contribution < 1.29 is 12.6 Å². The molecule has 0 saturated carbocycles. The number of carbonyl (C=O) groups is 1. The van der Waals surface area contributed by atoms with E-state index in [0.717, 1.165) is 25.7 Å². The number of carbonyl (C=O) groups excluding carboxylic acids is 1. The van der Waals surface area contributed by atoms with Gasteiger partial charge in [0.2, 0.25) is 5.78 Å². The minimum absolute atomic E-state index is 0. The van der Waals surface area contributed by atoms with Crippen molar-refractivity contribution in [1.29, 1.82) is 0 Å². The van der Waals surface area contributed by atoms with Crippen molar-refractivity contribution in [2.75, 3.05) is 0 Å². The first-order valence-electron chi connectivity index (χ1n) is 6.29. The number of hydrogen-bond acceptors (Lipinski definition) is 3. The Morgan fingerprint density at radius 3 is 2.24 bits per heavy atom. The average Bonchev–Trinajstić information content (AvgIpc) is 2.23. The van der Waals surface area contributed by atoms with Crippen LogP contribution in [0.15, 0.2) is 0 Å². The smallest absolute Gasteiger partial charge is 1.00 e. The molecule has 0 N–H and O–H groups in total. The van der Waals surface area contributed by atoms with E-state index in [2.05, 4.69) is 6.92 Å². The molecule has 5 heteroatoms. The van der Waals surface area contributed by atoms with Gasteiger partial charge in [-0.15, -0.1) is 0 Å². The molecule has 0 aromatic carbocycles.